The van der Waals surface area contributed by atoms with E-state index in [1.165, 1.54) is 0 Å². The van der Waals surface area contributed by atoms with Crippen LogP contribution in [0.15, 0.2) is 24.3 Å². The molecule has 1 aliphatic carbocycles. The first-order chi connectivity index (χ1) is 14.3. The van der Waals surface area contributed by atoms with E-state index in [0.29, 0.717) is 42.8 Å². The maximum Gasteiger partial charge on any atom is 0.253 e. The van der Waals surface area contributed by atoms with Gasteiger partial charge in [0.1, 0.15) is 6.04 Å². The molecule has 3 rings (SSSR count). The molecule has 2 aliphatic rings. The standard InChI is InChI=1S/C22H31ClN4O3/c1-14(2)19(25-21(29)17-6-4-5-7-18(17)23)22(30)27-12-10-26(11-13-27)15(3)20(28)24-16-8-9-16/h4-7,14-16,19H,8-13H2,1-3H3,(H,24,28)(H,25,29). The lowest BCUT2D eigenvalue weighted by Crippen LogP contribution is -2.59. The van der Waals surface area contributed by atoms with Crippen LogP contribution >= 0.6 is 11.6 Å². The van der Waals surface area contributed by atoms with Crippen molar-refractivity contribution in [3.8, 4) is 0 Å². The first kappa shape index (κ1) is 22.6. The minimum atomic E-state index is -0.629. The lowest BCUT2D eigenvalue weighted by atomic mass is 10.0. The van der Waals surface area contributed by atoms with Crippen LogP contribution in [-0.2, 0) is 9.59 Å². The first-order valence-corrected chi connectivity index (χ1v) is 11.0. The van der Waals surface area contributed by atoms with Crippen LogP contribution in [-0.4, -0.2) is 71.8 Å². The van der Waals surface area contributed by atoms with Gasteiger partial charge in [0.15, 0.2) is 0 Å². The third-order valence-corrected chi connectivity index (χ3v) is 6.14. The van der Waals surface area contributed by atoms with Crippen molar-refractivity contribution in [2.75, 3.05) is 26.2 Å². The van der Waals surface area contributed by atoms with Gasteiger partial charge in [0.2, 0.25) is 11.8 Å². The Morgan fingerprint density at radius 3 is 2.23 bits per heavy atom. The first-order valence-electron chi connectivity index (χ1n) is 10.7. The van der Waals surface area contributed by atoms with Gasteiger partial charge < -0.3 is 15.5 Å². The maximum absolute atomic E-state index is 13.1. The van der Waals surface area contributed by atoms with Crippen molar-refractivity contribution in [3.05, 3.63) is 34.9 Å². The number of nitrogens with one attached hydrogen (secondary N) is 2. The fraction of sp³-hybridized carbons (Fsp3) is 0.591. The summed E-state index contributed by atoms with van der Waals surface area (Å²) in [7, 11) is 0. The number of amides is 3. The molecule has 0 bridgehead atoms. The Kier molecular flexibility index (Phi) is 7.36. The summed E-state index contributed by atoms with van der Waals surface area (Å²) in [4.78, 5) is 42.0. The fourth-order valence-electron chi connectivity index (χ4n) is 3.62. The molecule has 1 aromatic carbocycles. The SMILES string of the molecule is CC(C)C(NC(=O)c1ccccc1Cl)C(=O)N1CCN(C(C)C(=O)NC2CC2)CC1. The van der Waals surface area contributed by atoms with Gasteiger partial charge in [-0.15, -0.1) is 0 Å². The molecule has 2 N–H and O–H groups in total. The van der Waals surface area contributed by atoms with Crippen LogP contribution in [0.2, 0.25) is 5.02 Å². The predicted molar refractivity (Wildman–Crippen MR) is 116 cm³/mol. The van der Waals surface area contributed by atoms with Gasteiger partial charge in [0.05, 0.1) is 16.6 Å². The summed E-state index contributed by atoms with van der Waals surface area (Å²) in [5.74, 6) is -0.452. The molecule has 7 nitrogen and oxygen atoms in total. The molecular formula is C22H31ClN4O3. The highest BCUT2D eigenvalue weighted by molar-refractivity contribution is 6.33. The van der Waals surface area contributed by atoms with Crippen molar-refractivity contribution in [2.45, 2.75) is 51.7 Å². The van der Waals surface area contributed by atoms with E-state index in [1.54, 1.807) is 29.2 Å². The van der Waals surface area contributed by atoms with Gasteiger partial charge in [-0.1, -0.05) is 37.6 Å². The van der Waals surface area contributed by atoms with Crippen LogP contribution in [0.5, 0.6) is 0 Å². The molecular weight excluding hydrogens is 404 g/mol. The molecule has 1 saturated carbocycles. The molecule has 8 heteroatoms. The van der Waals surface area contributed by atoms with Crippen molar-refractivity contribution < 1.29 is 14.4 Å². The minimum Gasteiger partial charge on any atom is -0.352 e. The Balaban J connectivity index is 1.56. The van der Waals surface area contributed by atoms with Crippen LogP contribution in [0.3, 0.4) is 0 Å². The van der Waals surface area contributed by atoms with E-state index in [4.69, 9.17) is 11.6 Å². The van der Waals surface area contributed by atoms with Crippen LogP contribution < -0.4 is 10.6 Å². The Morgan fingerprint density at radius 1 is 1.03 bits per heavy atom. The molecule has 30 heavy (non-hydrogen) atoms. The van der Waals surface area contributed by atoms with Gasteiger partial charge in [-0.3, -0.25) is 19.3 Å². The highest BCUT2D eigenvalue weighted by Gasteiger charge is 2.34. The third-order valence-electron chi connectivity index (χ3n) is 5.81. The Labute approximate surface area is 183 Å². The number of nitrogens with zero attached hydrogens (tertiary/aromatic N) is 2. The van der Waals surface area contributed by atoms with E-state index in [1.807, 2.05) is 20.8 Å². The highest BCUT2D eigenvalue weighted by atomic mass is 35.5. The summed E-state index contributed by atoms with van der Waals surface area (Å²) >= 11 is 6.12. The van der Waals surface area contributed by atoms with Crippen LogP contribution in [0, 0.1) is 5.92 Å². The van der Waals surface area contributed by atoms with Gasteiger partial charge in [-0.05, 0) is 37.8 Å². The van der Waals surface area contributed by atoms with Crippen molar-refractivity contribution in [1.82, 2.24) is 20.4 Å². The predicted octanol–water partition coefficient (Wildman–Crippen LogP) is 1.91. The van der Waals surface area contributed by atoms with Crippen molar-refractivity contribution in [3.63, 3.8) is 0 Å². The number of halogens is 1. The molecule has 2 atom stereocenters. The Morgan fingerprint density at radius 2 is 1.67 bits per heavy atom. The number of rotatable bonds is 7. The van der Waals surface area contributed by atoms with Gasteiger partial charge in [0, 0.05) is 32.2 Å². The topological polar surface area (TPSA) is 81.8 Å². The Hall–Kier alpha value is -2.12. The second kappa shape index (κ2) is 9.79. The molecule has 0 aromatic heterocycles. The average molecular weight is 435 g/mol. The quantitative estimate of drug-likeness (QED) is 0.686. The van der Waals surface area contributed by atoms with E-state index < -0.39 is 6.04 Å². The molecule has 1 aliphatic heterocycles. The van der Waals surface area contributed by atoms with E-state index in [2.05, 4.69) is 15.5 Å². The second-order valence-corrected chi connectivity index (χ2v) is 8.90. The van der Waals surface area contributed by atoms with Gasteiger partial charge in [-0.25, -0.2) is 0 Å². The van der Waals surface area contributed by atoms with E-state index in [-0.39, 0.29) is 29.7 Å². The van der Waals surface area contributed by atoms with E-state index in [0.717, 1.165) is 12.8 Å². The van der Waals surface area contributed by atoms with Gasteiger partial charge >= 0.3 is 0 Å². The largest absolute Gasteiger partial charge is 0.352 e. The van der Waals surface area contributed by atoms with Crippen LogP contribution in [0.1, 0.15) is 44.0 Å². The smallest absolute Gasteiger partial charge is 0.253 e. The second-order valence-electron chi connectivity index (χ2n) is 8.50. The molecule has 2 fully saturated rings. The van der Waals surface area contributed by atoms with Crippen molar-refractivity contribution in [2.24, 2.45) is 5.92 Å². The van der Waals surface area contributed by atoms with Crippen molar-refractivity contribution in [1.29, 1.82) is 0 Å². The summed E-state index contributed by atoms with van der Waals surface area (Å²) in [6.45, 7) is 8.07. The van der Waals surface area contributed by atoms with E-state index in [9.17, 15) is 14.4 Å². The zero-order valence-electron chi connectivity index (χ0n) is 17.9. The number of hydrogen-bond acceptors (Lipinski definition) is 4. The van der Waals surface area contributed by atoms with E-state index >= 15 is 0 Å². The van der Waals surface area contributed by atoms with Gasteiger partial charge in [0.25, 0.3) is 5.91 Å². The van der Waals surface area contributed by atoms with Crippen LogP contribution in [0.4, 0.5) is 0 Å². The Bertz CT molecular complexity index is 788. The monoisotopic (exact) mass is 434 g/mol. The lowest BCUT2D eigenvalue weighted by Gasteiger charge is -2.39. The number of benzene rings is 1. The summed E-state index contributed by atoms with van der Waals surface area (Å²) in [5.41, 5.74) is 0.359. The molecule has 3 amide bonds. The molecule has 1 aromatic rings. The molecule has 0 spiro atoms. The zero-order chi connectivity index (χ0) is 21.8. The molecule has 1 heterocycles. The average Bonchev–Trinajstić information content (AvgIpc) is 3.55. The molecule has 1 saturated heterocycles. The van der Waals surface area contributed by atoms with Crippen molar-refractivity contribution >= 4 is 29.3 Å². The minimum absolute atomic E-state index is 0.0596. The molecule has 2 unspecified atom stereocenters. The zero-order valence-corrected chi connectivity index (χ0v) is 18.6. The number of piperazine rings is 1. The van der Waals surface area contributed by atoms with Gasteiger partial charge in [-0.2, -0.15) is 0 Å². The summed E-state index contributed by atoms with van der Waals surface area (Å²) in [6.07, 6.45) is 2.13. The summed E-state index contributed by atoms with van der Waals surface area (Å²) in [5, 5.41) is 6.26. The maximum atomic E-state index is 13.1. The molecule has 164 valence electrons. The third kappa shape index (κ3) is 5.52. The lowest BCUT2D eigenvalue weighted by molar-refractivity contribution is -0.137. The summed E-state index contributed by atoms with van der Waals surface area (Å²) < 4.78 is 0. The fourth-order valence-corrected chi connectivity index (χ4v) is 3.84. The van der Waals surface area contributed by atoms with Crippen LogP contribution in [0.25, 0.3) is 0 Å². The molecule has 0 radical (unpaired) electrons. The number of carbonyl (C=O) groups excluding carboxylic acids is 3. The summed E-state index contributed by atoms with van der Waals surface area (Å²) in [6, 6.07) is 6.31. The number of carbonyl (C=O) groups is 3. The highest BCUT2D eigenvalue weighted by Crippen LogP contribution is 2.20. The normalized spacial score (nSPS) is 19.3. The number of hydrogen-bond donors (Lipinski definition) is 2.